The van der Waals surface area contributed by atoms with Gasteiger partial charge in [0, 0.05) is 12.0 Å². The second kappa shape index (κ2) is 4.66. The van der Waals surface area contributed by atoms with E-state index >= 15 is 0 Å². The van der Waals surface area contributed by atoms with Crippen LogP contribution in [0.4, 0.5) is 0 Å². The summed E-state index contributed by atoms with van der Waals surface area (Å²) < 4.78 is 0. The molecule has 0 bridgehead atoms. The van der Waals surface area contributed by atoms with Gasteiger partial charge in [0.05, 0.1) is 6.54 Å². The van der Waals surface area contributed by atoms with Crippen LogP contribution in [0, 0.1) is 0 Å². The van der Waals surface area contributed by atoms with Crippen LogP contribution in [0.2, 0.25) is 0 Å². The smallest absolute Gasteiger partial charge is 0.344 e. The third-order valence-corrected chi connectivity index (χ3v) is 2.29. The number of carboxylic acid groups (broad SMARTS) is 2. The fraction of sp³-hybridized carbons (Fsp3) is 0.286. The quantitative estimate of drug-likeness (QED) is 0.341. The highest BCUT2D eigenvalue weighted by Gasteiger charge is 2.16. The number of hydrogen-bond donors (Lipinski definition) is 3. The number of carboxylic acids is 2. The lowest BCUT2D eigenvalue weighted by Gasteiger charge is -1.99. The van der Waals surface area contributed by atoms with Crippen LogP contribution in [-0.2, 0) is 9.59 Å². The molecule has 0 atom stereocenters. The fourth-order valence-electron chi connectivity index (χ4n) is 0.771. The van der Waals surface area contributed by atoms with E-state index in [2.05, 4.69) is 10.3 Å². The zero-order valence-electron chi connectivity index (χ0n) is 7.06. The van der Waals surface area contributed by atoms with E-state index in [1.165, 1.54) is 11.8 Å². The molecule has 1 aliphatic rings. The number of amidine groups is 1. The van der Waals surface area contributed by atoms with Gasteiger partial charge in [-0.15, -0.1) is 0 Å². The molecule has 14 heavy (non-hydrogen) atoms. The van der Waals surface area contributed by atoms with Gasteiger partial charge in [-0.3, -0.25) is 4.99 Å². The maximum Gasteiger partial charge on any atom is 0.344 e. The third-order valence-electron chi connectivity index (χ3n) is 1.39. The van der Waals surface area contributed by atoms with Crippen molar-refractivity contribution in [1.82, 2.24) is 5.32 Å². The Hall–Kier alpha value is -1.50. The molecular formula is C7H8N2O4S. The number of carbonyl (C=O) groups is 2. The Morgan fingerprint density at radius 1 is 1.43 bits per heavy atom. The number of nitrogens with zero attached hydrogens (tertiary/aromatic N) is 1. The predicted molar refractivity (Wildman–Crippen MR) is 51.3 cm³/mol. The summed E-state index contributed by atoms with van der Waals surface area (Å²) in [6, 6.07) is 0. The summed E-state index contributed by atoms with van der Waals surface area (Å²) in [5.74, 6) is -2.13. The fourth-order valence-corrected chi connectivity index (χ4v) is 1.47. The molecule has 0 aromatic rings. The van der Waals surface area contributed by atoms with Gasteiger partial charge in [0.25, 0.3) is 0 Å². The van der Waals surface area contributed by atoms with Gasteiger partial charge in [-0.25, -0.2) is 9.59 Å². The van der Waals surface area contributed by atoms with Gasteiger partial charge < -0.3 is 15.5 Å². The highest BCUT2D eigenvalue weighted by molar-refractivity contribution is 8.14. The Morgan fingerprint density at radius 3 is 2.50 bits per heavy atom. The van der Waals surface area contributed by atoms with Crippen LogP contribution in [0.25, 0.3) is 0 Å². The SMILES string of the molecule is O=C(O)C(=CNC1=NCCS1)C(=O)O. The third kappa shape index (κ3) is 2.77. The molecule has 1 heterocycles. The van der Waals surface area contributed by atoms with E-state index in [1.807, 2.05) is 0 Å². The van der Waals surface area contributed by atoms with Gasteiger partial charge in [0.1, 0.15) is 0 Å². The van der Waals surface area contributed by atoms with E-state index in [-0.39, 0.29) is 0 Å². The Kier molecular flexibility index (Phi) is 3.52. The average molecular weight is 216 g/mol. The Balaban J connectivity index is 2.63. The lowest BCUT2D eigenvalue weighted by atomic mass is 10.3. The van der Waals surface area contributed by atoms with Crippen molar-refractivity contribution in [3.63, 3.8) is 0 Å². The molecule has 0 aromatic carbocycles. The number of rotatable bonds is 3. The van der Waals surface area contributed by atoms with Gasteiger partial charge in [0.2, 0.25) is 0 Å². The van der Waals surface area contributed by atoms with Gasteiger partial charge in [-0.1, -0.05) is 11.8 Å². The first kappa shape index (κ1) is 10.6. The minimum absolute atomic E-state index is 0.546. The highest BCUT2D eigenvalue weighted by Crippen LogP contribution is 2.09. The summed E-state index contributed by atoms with van der Waals surface area (Å²) in [5.41, 5.74) is -0.708. The molecule has 3 N–H and O–H groups in total. The van der Waals surface area contributed by atoms with Crippen LogP contribution in [0.5, 0.6) is 0 Å². The average Bonchev–Trinajstić information content (AvgIpc) is 2.55. The van der Waals surface area contributed by atoms with E-state index in [9.17, 15) is 9.59 Å². The summed E-state index contributed by atoms with van der Waals surface area (Å²) in [6.45, 7) is 0.663. The molecule has 76 valence electrons. The first-order valence-electron chi connectivity index (χ1n) is 3.72. The summed E-state index contributed by atoms with van der Waals surface area (Å²) in [4.78, 5) is 24.8. The molecule has 0 saturated carbocycles. The largest absolute Gasteiger partial charge is 0.477 e. The minimum Gasteiger partial charge on any atom is -0.477 e. The molecule has 6 nitrogen and oxygen atoms in total. The molecule has 0 radical (unpaired) electrons. The Morgan fingerprint density at radius 2 is 2.07 bits per heavy atom. The molecule has 1 aliphatic heterocycles. The topological polar surface area (TPSA) is 99.0 Å². The van der Waals surface area contributed by atoms with Gasteiger partial charge >= 0.3 is 11.9 Å². The zero-order chi connectivity index (χ0) is 10.6. The molecule has 0 fully saturated rings. The second-order valence-electron chi connectivity index (χ2n) is 2.35. The van der Waals surface area contributed by atoms with Crippen molar-refractivity contribution in [2.24, 2.45) is 4.99 Å². The summed E-state index contributed by atoms with van der Waals surface area (Å²) in [7, 11) is 0. The molecule has 0 aliphatic carbocycles. The van der Waals surface area contributed by atoms with Gasteiger partial charge in [-0.2, -0.15) is 0 Å². The van der Waals surface area contributed by atoms with Crippen molar-refractivity contribution in [2.75, 3.05) is 12.3 Å². The number of hydrogen-bond acceptors (Lipinski definition) is 5. The lowest BCUT2D eigenvalue weighted by molar-refractivity contribution is -0.140. The highest BCUT2D eigenvalue weighted by atomic mass is 32.2. The molecule has 0 spiro atoms. The van der Waals surface area contributed by atoms with E-state index in [0.29, 0.717) is 11.7 Å². The summed E-state index contributed by atoms with van der Waals surface area (Å²) >= 11 is 1.42. The van der Waals surface area contributed by atoms with Crippen LogP contribution < -0.4 is 5.32 Å². The first-order chi connectivity index (χ1) is 6.61. The van der Waals surface area contributed by atoms with Crippen LogP contribution in [0.3, 0.4) is 0 Å². The van der Waals surface area contributed by atoms with E-state index in [0.717, 1.165) is 12.0 Å². The standard InChI is InChI=1S/C7H8N2O4S/c10-5(11)4(6(12)13)3-9-7-8-1-2-14-7/h3H,1-2H2,(H,8,9)(H,10,11)(H,12,13). The van der Waals surface area contributed by atoms with Crippen molar-refractivity contribution in [1.29, 1.82) is 0 Å². The van der Waals surface area contributed by atoms with Crippen LogP contribution in [0.15, 0.2) is 16.8 Å². The van der Waals surface area contributed by atoms with Crippen molar-refractivity contribution in [2.45, 2.75) is 0 Å². The molecule has 0 amide bonds. The Labute approximate surface area is 83.7 Å². The summed E-state index contributed by atoms with van der Waals surface area (Å²) in [6.07, 6.45) is 0.932. The molecule has 1 rings (SSSR count). The van der Waals surface area contributed by atoms with Crippen LogP contribution in [0.1, 0.15) is 0 Å². The normalized spacial score (nSPS) is 14.4. The van der Waals surface area contributed by atoms with Crippen LogP contribution in [-0.4, -0.2) is 39.6 Å². The maximum absolute atomic E-state index is 10.4. The van der Waals surface area contributed by atoms with Crippen molar-refractivity contribution < 1.29 is 19.8 Å². The zero-order valence-corrected chi connectivity index (χ0v) is 7.87. The van der Waals surface area contributed by atoms with Crippen molar-refractivity contribution >= 4 is 28.9 Å². The predicted octanol–water partition coefficient (Wildman–Crippen LogP) is -0.268. The Bertz CT molecular complexity index is 308. The number of thioether (sulfide) groups is 1. The minimum atomic E-state index is -1.48. The second-order valence-corrected chi connectivity index (χ2v) is 3.43. The number of aliphatic carboxylic acids is 2. The molecular weight excluding hydrogens is 208 g/mol. The number of nitrogens with one attached hydrogen (secondary N) is 1. The number of aliphatic imine (C=N–C) groups is 1. The van der Waals surface area contributed by atoms with Crippen molar-refractivity contribution in [3.8, 4) is 0 Å². The molecule has 0 unspecified atom stereocenters. The van der Waals surface area contributed by atoms with Crippen molar-refractivity contribution in [3.05, 3.63) is 11.8 Å². The van der Waals surface area contributed by atoms with Crippen LogP contribution >= 0.6 is 11.8 Å². The van der Waals surface area contributed by atoms with E-state index < -0.39 is 17.5 Å². The first-order valence-corrected chi connectivity index (χ1v) is 4.70. The summed E-state index contributed by atoms with van der Waals surface area (Å²) in [5, 5.41) is 20.0. The van der Waals surface area contributed by atoms with E-state index in [4.69, 9.17) is 10.2 Å². The monoisotopic (exact) mass is 216 g/mol. The van der Waals surface area contributed by atoms with Gasteiger partial charge in [-0.05, 0) is 0 Å². The molecule has 0 saturated heterocycles. The molecule has 0 aromatic heterocycles. The lowest BCUT2D eigenvalue weighted by Crippen LogP contribution is -2.18. The van der Waals surface area contributed by atoms with Gasteiger partial charge in [0.15, 0.2) is 10.7 Å². The van der Waals surface area contributed by atoms with E-state index in [1.54, 1.807) is 0 Å². The maximum atomic E-state index is 10.4. The molecule has 7 heteroatoms.